The van der Waals surface area contributed by atoms with Crippen LogP contribution in [0.3, 0.4) is 0 Å². The molecule has 4 aliphatic rings. The van der Waals surface area contributed by atoms with Crippen molar-refractivity contribution in [3.8, 4) is 11.1 Å². The van der Waals surface area contributed by atoms with Crippen molar-refractivity contribution in [2.75, 3.05) is 13.7 Å². The van der Waals surface area contributed by atoms with Crippen molar-refractivity contribution in [1.82, 2.24) is 4.90 Å². The number of hydrogen-bond acceptors (Lipinski definition) is 3. The molecule has 0 saturated carbocycles. The highest BCUT2D eigenvalue weighted by molar-refractivity contribution is 5.76. The summed E-state index contributed by atoms with van der Waals surface area (Å²) in [5.74, 6) is -0.0278. The molecule has 3 nitrogen and oxygen atoms in total. The van der Waals surface area contributed by atoms with E-state index in [2.05, 4.69) is 23.1 Å². The Morgan fingerprint density at radius 1 is 1.14 bits per heavy atom. The minimum absolute atomic E-state index is 0.0321. The molecule has 2 aromatic rings. The maximum atomic E-state index is 13.5. The van der Waals surface area contributed by atoms with Crippen molar-refractivity contribution in [3.05, 3.63) is 65.5 Å². The van der Waals surface area contributed by atoms with E-state index < -0.39 is 0 Å². The Labute approximate surface area is 164 Å². The van der Waals surface area contributed by atoms with E-state index in [1.54, 1.807) is 12.1 Å². The topological polar surface area (TPSA) is 29.5 Å². The van der Waals surface area contributed by atoms with E-state index in [0.717, 1.165) is 36.1 Å². The summed E-state index contributed by atoms with van der Waals surface area (Å²) in [7, 11) is 1.50. The fraction of sp³-hybridized carbons (Fsp3) is 0.375. The van der Waals surface area contributed by atoms with Gasteiger partial charge in [-0.3, -0.25) is 9.69 Å². The summed E-state index contributed by atoms with van der Waals surface area (Å²) in [6.07, 6.45) is 5.60. The molecular weight excluding hydrogens is 353 g/mol. The first-order valence-electron chi connectivity index (χ1n) is 10.0. The Bertz CT molecular complexity index is 936. The van der Waals surface area contributed by atoms with Crippen molar-refractivity contribution in [3.63, 3.8) is 0 Å². The van der Waals surface area contributed by atoms with Crippen molar-refractivity contribution >= 4 is 12.0 Å². The highest BCUT2D eigenvalue weighted by atomic mass is 19.1. The van der Waals surface area contributed by atoms with Crippen molar-refractivity contribution in [2.45, 2.75) is 31.3 Å². The van der Waals surface area contributed by atoms with E-state index in [1.807, 2.05) is 18.2 Å². The molecular formula is C24H24FNO2. The molecule has 1 unspecified atom stereocenters. The molecule has 5 atom stereocenters. The fourth-order valence-corrected chi connectivity index (χ4v) is 5.53. The van der Waals surface area contributed by atoms with Crippen LogP contribution in [-0.2, 0) is 9.53 Å². The zero-order valence-corrected chi connectivity index (χ0v) is 16.0. The van der Waals surface area contributed by atoms with Gasteiger partial charge in [0, 0.05) is 18.6 Å². The lowest BCUT2D eigenvalue weighted by atomic mass is 9.71. The number of hydrogen-bond donors (Lipinski definition) is 0. The van der Waals surface area contributed by atoms with E-state index in [1.165, 1.54) is 25.2 Å². The SMILES string of the molecule is COC(=O)[C@H]1[C@@H]2C[C@@H]3CC[C@H]1N3C/C2=C\c1ccc(-c2cccc(F)c2)cc1. The summed E-state index contributed by atoms with van der Waals surface area (Å²) >= 11 is 0. The van der Waals surface area contributed by atoms with E-state index in [9.17, 15) is 9.18 Å². The molecule has 0 aromatic heterocycles. The number of rotatable bonds is 3. The molecule has 4 bridgehead atoms. The van der Waals surface area contributed by atoms with Gasteiger partial charge in [0.1, 0.15) is 5.82 Å². The molecule has 0 spiro atoms. The van der Waals surface area contributed by atoms with Crippen LogP contribution in [-0.4, -0.2) is 36.6 Å². The van der Waals surface area contributed by atoms with Crippen LogP contribution in [0, 0.1) is 17.7 Å². The molecule has 4 heteroatoms. The molecule has 0 radical (unpaired) electrons. The molecule has 4 fully saturated rings. The van der Waals surface area contributed by atoms with Crippen LogP contribution in [0.2, 0.25) is 0 Å². The Hall–Kier alpha value is -2.46. The van der Waals surface area contributed by atoms with Gasteiger partial charge in [0.05, 0.1) is 13.0 Å². The first-order chi connectivity index (χ1) is 13.6. The Morgan fingerprint density at radius 2 is 1.96 bits per heavy atom. The highest BCUT2D eigenvalue weighted by Gasteiger charge is 2.55. The van der Waals surface area contributed by atoms with Crippen molar-refractivity contribution < 1.29 is 13.9 Å². The Morgan fingerprint density at radius 3 is 2.71 bits per heavy atom. The number of piperidine rings is 3. The van der Waals surface area contributed by atoms with Gasteiger partial charge < -0.3 is 4.74 Å². The molecule has 4 heterocycles. The second-order valence-corrected chi connectivity index (χ2v) is 8.21. The lowest BCUT2D eigenvalue weighted by molar-refractivity contribution is -0.153. The molecule has 0 amide bonds. The minimum Gasteiger partial charge on any atom is -0.469 e. The third kappa shape index (κ3) is 2.87. The predicted molar refractivity (Wildman–Crippen MR) is 107 cm³/mol. The third-order valence-corrected chi connectivity index (χ3v) is 6.80. The largest absolute Gasteiger partial charge is 0.469 e. The summed E-state index contributed by atoms with van der Waals surface area (Å²) in [4.78, 5) is 15.0. The zero-order valence-electron chi connectivity index (χ0n) is 16.0. The normalized spacial score (nSPS) is 31.9. The van der Waals surface area contributed by atoms with Crippen LogP contribution in [0.5, 0.6) is 0 Å². The molecule has 2 aromatic carbocycles. The number of ether oxygens (including phenoxy) is 1. The number of carbonyl (C=O) groups excluding carboxylic acids is 1. The molecule has 4 aliphatic heterocycles. The number of nitrogens with zero attached hydrogens (tertiary/aromatic N) is 1. The van der Waals surface area contributed by atoms with Crippen molar-refractivity contribution in [2.24, 2.45) is 11.8 Å². The summed E-state index contributed by atoms with van der Waals surface area (Å²) in [6.45, 7) is 0.957. The summed E-state index contributed by atoms with van der Waals surface area (Å²) in [5, 5.41) is 0. The molecule has 28 heavy (non-hydrogen) atoms. The number of carbonyl (C=O) groups is 1. The van der Waals surface area contributed by atoms with Gasteiger partial charge in [-0.25, -0.2) is 4.39 Å². The first-order valence-corrected chi connectivity index (χ1v) is 10.0. The smallest absolute Gasteiger partial charge is 0.310 e. The van der Waals surface area contributed by atoms with Gasteiger partial charge in [-0.2, -0.15) is 0 Å². The van der Waals surface area contributed by atoms with Gasteiger partial charge in [0.25, 0.3) is 0 Å². The van der Waals surface area contributed by atoms with Gasteiger partial charge >= 0.3 is 5.97 Å². The van der Waals surface area contributed by atoms with Gasteiger partial charge in [0.2, 0.25) is 0 Å². The van der Waals surface area contributed by atoms with Crippen molar-refractivity contribution in [1.29, 1.82) is 0 Å². The highest BCUT2D eigenvalue weighted by Crippen LogP contribution is 2.50. The molecule has 144 valence electrons. The molecule has 6 rings (SSSR count). The monoisotopic (exact) mass is 377 g/mol. The number of methoxy groups -OCH3 is 1. The standard InChI is InChI=1S/C24H24FNO2/c1-28-24(27)23-21-13-20-9-10-22(23)26(20)14-18(21)11-15-5-7-16(8-6-15)17-3-2-4-19(25)12-17/h2-8,11-12,20-23H,9-10,13-14H2,1H3/b18-11+/t20-,21+,22+,23-/m0/s1. The van der Waals surface area contributed by atoms with Crippen LogP contribution < -0.4 is 0 Å². The zero-order chi connectivity index (χ0) is 19.3. The van der Waals surface area contributed by atoms with Crippen LogP contribution in [0.4, 0.5) is 4.39 Å². The van der Waals surface area contributed by atoms with Gasteiger partial charge in [0.15, 0.2) is 0 Å². The lowest BCUT2D eigenvalue weighted by Crippen LogP contribution is -2.58. The number of halogens is 1. The van der Waals surface area contributed by atoms with Gasteiger partial charge in [-0.05, 0) is 54.0 Å². The van der Waals surface area contributed by atoms with Gasteiger partial charge in [-0.1, -0.05) is 48.0 Å². The van der Waals surface area contributed by atoms with E-state index in [-0.39, 0.29) is 23.6 Å². The van der Waals surface area contributed by atoms with Crippen LogP contribution in [0.25, 0.3) is 17.2 Å². The Balaban J connectivity index is 1.42. The van der Waals surface area contributed by atoms with Crippen LogP contribution in [0.1, 0.15) is 24.8 Å². The van der Waals surface area contributed by atoms with E-state index in [4.69, 9.17) is 4.74 Å². The second-order valence-electron chi connectivity index (χ2n) is 8.21. The average molecular weight is 377 g/mol. The quantitative estimate of drug-likeness (QED) is 0.736. The fourth-order valence-electron chi connectivity index (χ4n) is 5.53. The average Bonchev–Trinajstić information content (AvgIpc) is 3.02. The van der Waals surface area contributed by atoms with Crippen LogP contribution >= 0.6 is 0 Å². The lowest BCUT2D eigenvalue weighted by Gasteiger charge is -2.50. The number of fused-ring (bicyclic) bond motifs is 1. The van der Waals surface area contributed by atoms with Gasteiger partial charge in [-0.15, -0.1) is 0 Å². The Kier molecular flexibility index (Phi) is 4.31. The predicted octanol–water partition coefficient (Wildman–Crippen LogP) is 4.53. The summed E-state index contributed by atoms with van der Waals surface area (Å²) < 4.78 is 18.6. The maximum Gasteiger partial charge on any atom is 0.310 e. The maximum absolute atomic E-state index is 13.5. The van der Waals surface area contributed by atoms with E-state index in [0.29, 0.717) is 12.1 Å². The third-order valence-electron chi connectivity index (χ3n) is 6.80. The summed E-state index contributed by atoms with van der Waals surface area (Å²) in [6, 6.07) is 15.9. The molecule has 0 aliphatic carbocycles. The molecule has 4 saturated heterocycles. The first kappa shape index (κ1) is 17.6. The number of benzene rings is 2. The van der Waals surface area contributed by atoms with E-state index >= 15 is 0 Å². The second kappa shape index (κ2) is 6.85. The molecule has 0 N–H and O–H groups in total. The minimum atomic E-state index is -0.223. The summed E-state index contributed by atoms with van der Waals surface area (Å²) in [5.41, 5.74) is 4.34. The van der Waals surface area contributed by atoms with Crippen LogP contribution in [0.15, 0.2) is 54.1 Å². The number of esters is 1.